The van der Waals surface area contributed by atoms with Gasteiger partial charge in [0.2, 0.25) is 0 Å². The van der Waals surface area contributed by atoms with Gasteiger partial charge in [0.05, 0.1) is 36.5 Å². The molecular formula is C28H24ClNO6. The second-order valence-electron chi connectivity index (χ2n) is 8.20. The SMILES string of the molecule is CCOC(=O)c1ccc(N2C(=O)C(=O)/C(=C(/O)c3cc(Cl)ccc3OC)C2c2cccc(C)c2)cc1. The second-order valence-corrected chi connectivity index (χ2v) is 8.63. The number of carbonyl (C=O) groups is 3. The zero-order valence-corrected chi connectivity index (χ0v) is 20.7. The smallest absolute Gasteiger partial charge is 0.338 e. The van der Waals surface area contributed by atoms with Gasteiger partial charge in [0.1, 0.15) is 11.5 Å². The molecule has 0 bridgehead atoms. The van der Waals surface area contributed by atoms with Gasteiger partial charge in [-0.15, -0.1) is 0 Å². The van der Waals surface area contributed by atoms with Gasteiger partial charge >= 0.3 is 5.97 Å². The molecule has 36 heavy (non-hydrogen) atoms. The summed E-state index contributed by atoms with van der Waals surface area (Å²) in [5.41, 5.74) is 2.34. The predicted molar refractivity (Wildman–Crippen MR) is 136 cm³/mol. The van der Waals surface area contributed by atoms with Gasteiger partial charge in [-0.2, -0.15) is 0 Å². The molecule has 1 aliphatic heterocycles. The van der Waals surface area contributed by atoms with Gasteiger partial charge in [0.25, 0.3) is 11.7 Å². The molecule has 1 saturated heterocycles. The summed E-state index contributed by atoms with van der Waals surface area (Å²) in [6, 6.07) is 17.2. The van der Waals surface area contributed by atoms with E-state index >= 15 is 0 Å². The molecule has 1 aliphatic rings. The number of ketones is 1. The maximum absolute atomic E-state index is 13.4. The number of anilines is 1. The van der Waals surface area contributed by atoms with Gasteiger partial charge in [-0.1, -0.05) is 41.4 Å². The number of halogens is 1. The van der Waals surface area contributed by atoms with E-state index in [1.54, 1.807) is 37.3 Å². The number of aliphatic hydroxyl groups is 1. The zero-order valence-electron chi connectivity index (χ0n) is 19.9. The first-order valence-electron chi connectivity index (χ1n) is 11.3. The summed E-state index contributed by atoms with van der Waals surface area (Å²) in [6.45, 7) is 3.84. The standard InChI is InChI=1S/C28H24ClNO6/c1-4-36-28(34)17-8-11-20(12-9-17)30-24(18-7-5-6-16(2)14-18)23(26(32)27(30)33)25(31)21-15-19(29)10-13-22(21)35-3/h5-15,24,31H,4H2,1-3H3/b25-23+. The number of methoxy groups -OCH3 is 1. The molecule has 4 rings (SSSR count). The van der Waals surface area contributed by atoms with E-state index in [2.05, 4.69) is 0 Å². The minimum atomic E-state index is -0.929. The average molecular weight is 506 g/mol. The van der Waals surface area contributed by atoms with Gasteiger partial charge in [-0.05, 0) is 61.9 Å². The number of Topliss-reactive ketones (excluding diaryl/α,β-unsaturated/α-hetero) is 1. The molecular weight excluding hydrogens is 482 g/mol. The highest BCUT2D eigenvalue weighted by atomic mass is 35.5. The summed E-state index contributed by atoms with van der Waals surface area (Å²) in [5, 5.41) is 11.7. The van der Waals surface area contributed by atoms with Crippen LogP contribution in [0, 0.1) is 6.92 Å². The number of amides is 1. The molecule has 0 aliphatic carbocycles. The fraction of sp³-hybridized carbons (Fsp3) is 0.179. The van der Waals surface area contributed by atoms with Crippen molar-refractivity contribution in [2.75, 3.05) is 18.6 Å². The van der Waals surface area contributed by atoms with E-state index < -0.39 is 29.5 Å². The third-order valence-corrected chi connectivity index (χ3v) is 6.11. The lowest BCUT2D eigenvalue weighted by atomic mass is 9.94. The Kier molecular flexibility index (Phi) is 7.12. The Labute approximate surface area is 213 Å². The number of esters is 1. The van der Waals surface area contributed by atoms with Crippen LogP contribution in [-0.2, 0) is 14.3 Å². The molecule has 0 aromatic heterocycles. The van der Waals surface area contributed by atoms with Gasteiger partial charge < -0.3 is 14.6 Å². The average Bonchev–Trinajstić information content (AvgIpc) is 3.14. The van der Waals surface area contributed by atoms with Crippen LogP contribution in [-0.4, -0.2) is 36.5 Å². The molecule has 8 heteroatoms. The van der Waals surface area contributed by atoms with E-state index in [-0.39, 0.29) is 17.7 Å². The van der Waals surface area contributed by atoms with Gasteiger partial charge in [0.15, 0.2) is 0 Å². The largest absolute Gasteiger partial charge is 0.507 e. The highest BCUT2D eigenvalue weighted by Crippen LogP contribution is 2.43. The summed E-state index contributed by atoms with van der Waals surface area (Å²) in [7, 11) is 1.43. The topological polar surface area (TPSA) is 93.1 Å². The minimum absolute atomic E-state index is 0.0966. The number of ether oxygens (including phenoxy) is 2. The number of carbonyl (C=O) groups excluding carboxylic acids is 3. The highest BCUT2D eigenvalue weighted by molar-refractivity contribution is 6.51. The Morgan fingerprint density at radius 2 is 1.78 bits per heavy atom. The lowest BCUT2D eigenvalue weighted by molar-refractivity contribution is -0.132. The first-order valence-corrected chi connectivity index (χ1v) is 11.6. The van der Waals surface area contributed by atoms with E-state index in [0.717, 1.165) is 5.56 Å². The van der Waals surface area contributed by atoms with Crippen LogP contribution in [0.5, 0.6) is 5.75 Å². The number of hydrogen-bond acceptors (Lipinski definition) is 6. The summed E-state index contributed by atoms with van der Waals surface area (Å²) < 4.78 is 10.4. The van der Waals surface area contributed by atoms with E-state index in [1.807, 2.05) is 25.1 Å². The third kappa shape index (κ3) is 4.57. The normalized spacial score (nSPS) is 16.8. The third-order valence-electron chi connectivity index (χ3n) is 5.88. The highest BCUT2D eigenvalue weighted by Gasteiger charge is 2.47. The molecule has 1 fully saturated rings. The molecule has 1 amide bonds. The number of aryl methyl sites for hydroxylation is 1. The Hall–Kier alpha value is -4.10. The molecule has 7 nitrogen and oxygen atoms in total. The molecule has 3 aromatic rings. The zero-order chi connectivity index (χ0) is 26.0. The van der Waals surface area contributed by atoms with Crippen molar-refractivity contribution in [3.63, 3.8) is 0 Å². The Balaban J connectivity index is 1.91. The number of benzene rings is 3. The van der Waals surface area contributed by atoms with Crippen LogP contribution < -0.4 is 9.64 Å². The fourth-order valence-electron chi connectivity index (χ4n) is 4.24. The van der Waals surface area contributed by atoms with Crippen LogP contribution in [0.25, 0.3) is 5.76 Å². The molecule has 0 saturated carbocycles. The molecule has 1 atom stereocenters. The Bertz CT molecular complexity index is 1380. The van der Waals surface area contributed by atoms with E-state index in [4.69, 9.17) is 21.1 Å². The van der Waals surface area contributed by atoms with E-state index in [0.29, 0.717) is 27.6 Å². The van der Waals surface area contributed by atoms with Crippen molar-refractivity contribution < 1.29 is 29.0 Å². The number of aliphatic hydroxyl groups excluding tert-OH is 1. The van der Waals surface area contributed by atoms with Crippen LogP contribution in [0.1, 0.15) is 40.0 Å². The van der Waals surface area contributed by atoms with Gasteiger partial charge in [0, 0.05) is 10.7 Å². The maximum Gasteiger partial charge on any atom is 0.338 e. The summed E-state index contributed by atoms with van der Waals surface area (Å²) >= 11 is 6.16. The van der Waals surface area contributed by atoms with Crippen LogP contribution in [0.3, 0.4) is 0 Å². The van der Waals surface area contributed by atoms with E-state index in [9.17, 15) is 19.5 Å². The van der Waals surface area contributed by atoms with Crippen molar-refractivity contribution >= 4 is 40.7 Å². The van der Waals surface area contributed by atoms with Crippen LogP contribution in [0.4, 0.5) is 5.69 Å². The van der Waals surface area contributed by atoms with Gasteiger partial charge in [-0.3, -0.25) is 14.5 Å². The lowest BCUT2D eigenvalue weighted by Gasteiger charge is -2.26. The van der Waals surface area contributed by atoms with Crippen molar-refractivity contribution in [2.24, 2.45) is 0 Å². The van der Waals surface area contributed by atoms with Crippen molar-refractivity contribution in [1.82, 2.24) is 0 Å². The molecule has 0 radical (unpaired) electrons. The lowest BCUT2D eigenvalue weighted by Crippen LogP contribution is -2.29. The number of nitrogens with zero attached hydrogens (tertiary/aromatic N) is 1. The quantitative estimate of drug-likeness (QED) is 0.207. The van der Waals surface area contributed by atoms with Crippen molar-refractivity contribution in [1.29, 1.82) is 0 Å². The van der Waals surface area contributed by atoms with Crippen LogP contribution in [0.2, 0.25) is 5.02 Å². The van der Waals surface area contributed by atoms with Gasteiger partial charge in [-0.25, -0.2) is 4.79 Å². The molecule has 184 valence electrons. The summed E-state index contributed by atoms with van der Waals surface area (Å²) in [6.07, 6.45) is 0. The first kappa shape index (κ1) is 25.0. The molecule has 1 N–H and O–H groups in total. The van der Waals surface area contributed by atoms with Crippen molar-refractivity contribution in [3.05, 3.63) is 99.6 Å². The monoisotopic (exact) mass is 505 g/mol. The van der Waals surface area contributed by atoms with Crippen molar-refractivity contribution in [2.45, 2.75) is 19.9 Å². The molecule has 3 aromatic carbocycles. The molecule has 1 heterocycles. The fourth-order valence-corrected chi connectivity index (χ4v) is 4.41. The minimum Gasteiger partial charge on any atom is -0.507 e. The van der Waals surface area contributed by atoms with E-state index in [1.165, 1.54) is 30.2 Å². The maximum atomic E-state index is 13.4. The van der Waals surface area contributed by atoms with Crippen molar-refractivity contribution in [3.8, 4) is 5.75 Å². The van der Waals surface area contributed by atoms with Crippen LogP contribution >= 0.6 is 11.6 Å². The molecule has 0 spiro atoms. The number of hydrogen-bond donors (Lipinski definition) is 1. The van der Waals surface area contributed by atoms with Crippen LogP contribution in [0.15, 0.2) is 72.3 Å². The predicted octanol–water partition coefficient (Wildman–Crippen LogP) is 5.46. The summed E-state index contributed by atoms with van der Waals surface area (Å²) in [4.78, 5) is 40.1. The summed E-state index contributed by atoms with van der Waals surface area (Å²) in [5.74, 6) is -2.26. The number of rotatable bonds is 6. The Morgan fingerprint density at radius 1 is 1.06 bits per heavy atom. The molecule has 1 unspecified atom stereocenters. The Morgan fingerprint density at radius 3 is 2.42 bits per heavy atom. The first-order chi connectivity index (χ1) is 17.3. The second kappa shape index (κ2) is 10.3.